The van der Waals surface area contributed by atoms with E-state index in [-0.39, 0.29) is 31.0 Å². The Morgan fingerprint density at radius 3 is 0.556 bits per heavy atom. The van der Waals surface area contributed by atoms with Crippen LogP contribution in [0.25, 0.3) is 0 Å². The summed E-state index contributed by atoms with van der Waals surface area (Å²) in [5, 5.41) is 0. The van der Waals surface area contributed by atoms with Gasteiger partial charge in [0.25, 0.3) is 0 Å². The number of benzene rings is 4. The number of halogens is 20. The van der Waals surface area contributed by atoms with Crippen molar-refractivity contribution < 1.29 is 128 Å². The van der Waals surface area contributed by atoms with E-state index < -0.39 is 144 Å². The molecule has 24 heteroatoms. The molecule has 292 valence electrons. The van der Waals surface area contributed by atoms with E-state index in [1.807, 2.05) is 13.8 Å². The second-order valence-corrected chi connectivity index (χ2v) is 10.2. The number of hydrogen-bond acceptors (Lipinski definition) is 2. The van der Waals surface area contributed by atoms with Gasteiger partial charge in [-0.25, -0.2) is 87.8 Å². The molecule has 0 heterocycles. The van der Waals surface area contributed by atoms with Gasteiger partial charge in [-0.15, -0.1) is 21.9 Å². The van der Waals surface area contributed by atoms with Crippen LogP contribution in [0.4, 0.5) is 87.8 Å². The molecular formula is C30H15BF20NaO2-. The smallest absolute Gasteiger partial charge is 1.00 e. The molecule has 0 aliphatic heterocycles. The largest absolute Gasteiger partial charge is 1.00 e. The Balaban J connectivity index is 0.00000136. The van der Waals surface area contributed by atoms with Crippen LogP contribution in [0.1, 0.15) is 15.3 Å². The summed E-state index contributed by atoms with van der Waals surface area (Å²) in [6.45, 7) is 6.98. The van der Waals surface area contributed by atoms with E-state index in [2.05, 4.69) is 0 Å². The molecule has 4 aromatic carbocycles. The molecular weight excluding hydrogens is 806 g/mol. The van der Waals surface area contributed by atoms with Crippen molar-refractivity contribution in [2.75, 3.05) is 26.4 Å². The first kappa shape index (κ1) is 46.6. The molecule has 0 saturated heterocycles. The van der Waals surface area contributed by atoms with Gasteiger partial charge in [0.2, 0.25) is 0 Å². The van der Waals surface area contributed by atoms with Crippen molar-refractivity contribution in [1.29, 1.82) is 0 Å². The van der Waals surface area contributed by atoms with Gasteiger partial charge in [-0.05, 0) is 13.8 Å². The van der Waals surface area contributed by atoms with Crippen molar-refractivity contribution in [2.24, 2.45) is 0 Å². The maximum absolute atomic E-state index is 15.4. The summed E-state index contributed by atoms with van der Waals surface area (Å²) in [6, 6.07) is 0. The third-order valence-corrected chi connectivity index (χ3v) is 7.49. The van der Waals surface area contributed by atoms with Crippen molar-refractivity contribution in [3.63, 3.8) is 0 Å². The number of hydrogen-bond donors (Lipinski definition) is 0. The summed E-state index contributed by atoms with van der Waals surface area (Å²) in [4.78, 5) is 0. The summed E-state index contributed by atoms with van der Waals surface area (Å²) in [5.41, 5.74) is -14.3. The first-order chi connectivity index (χ1) is 24.6. The van der Waals surface area contributed by atoms with Crippen LogP contribution >= 0.6 is 0 Å². The second-order valence-electron chi connectivity index (χ2n) is 10.2. The van der Waals surface area contributed by atoms with E-state index in [0.717, 1.165) is 26.4 Å². The number of rotatable bonds is 9. The van der Waals surface area contributed by atoms with Gasteiger partial charge in [0.05, 0.1) is 13.2 Å². The Morgan fingerprint density at radius 1 is 0.296 bits per heavy atom. The van der Waals surface area contributed by atoms with E-state index in [4.69, 9.17) is 9.47 Å². The summed E-state index contributed by atoms with van der Waals surface area (Å²) in [7, 11) is 0. The first-order valence-electron chi connectivity index (χ1n) is 14.0. The molecule has 0 aromatic heterocycles. The second kappa shape index (κ2) is 17.9. The quantitative estimate of drug-likeness (QED) is 0.0837. The molecule has 0 unspecified atom stereocenters. The van der Waals surface area contributed by atoms with Gasteiger partial charge < -0.3 is 10.9 Å². The van der Waals surface area contributed by atoms with E-state index in [1.165, 1.54) is 0 Å². The van der Waals surface area contributed by atoms with Crippen LogP contribution in [-0.4, -0.2) is 32.6 Å². The topological polar surface area (TPSA) is 18.5 Å². The monoisotopic (exact) mass is 821 g/mol. The van der Waals surface area contributed by atoms with Gasteiger partial charge in [-0.3, -0.25) is 0 Å². The van der Waals surface area contributed by atoms with Gasteiger partial charge >= 0.3 is 29.6 Å². The van der Waals surface area contributed by atoms with Crippen molar-refractivity contribution in [2.45, 2.75) is 13.8 Å². The summed E-state index contributed by atoms with van der Waals surface area (Å²) in [6.07, 6.45) is -7.22. The minimum absolute atomic E-state index is 0. The van der Waals surface area contributed by atoms with Crippen LogP contribution < -0.4 is 51.4 Å². The normalized spacial score (nSPS) is 11.4. The molecule has 0 saturated carbocycles. The fraction of sp³-hybridized carbons (Fsp3) is 0.200. The van der Waals surface area contributed by atoms with E-state index in [1.54, 1.807) is 0 Å². The SMILES string of the molecule is CCOCCOCC.Fc1c(F)c(F)c([B-](c2c(F)c(F)c(F)c(F)c2F)(c2c(F)c(F)c(F)c(F)c2F)c2c(F)c(F)c(F)c(F)c2F)c(F)c1F.[H-].[Na+]. The molecule has 2 nitrogen and oxygen atoms in total. The molecule has 0 N–H and O–H groups in total. The van der Waals surface area contributed by atoms with Crippen molar-refractivity contribution in [1.82, 2.24) is 0 Å². The van der Waals surface area contributed by atoms with Crippen LogP contribution in [0.15, 0.2) is 0 Å². The van der Waals surface area contributed by atoms with Gasteiger partial charge in [0.1, 0.15) is 52.7 Å². The molecule has 4 aromatic rings. The molecule has 0 atom stereocenters. The van der Waals surface area contributed by atoms with Crippen LogP contribution in [0.3, 0.4) is 0 Å². The Morgan fingerprint density at radius 2 is 0.426 bits per heavy atom. The molecule has 0 bridgehead atoms. The zero-order valence-electron chi connectivity index (χ0n) is 27.8. The van der Waals surface area contributed by atoms with E-state index in [9.17, 15) is 52.7 Å². The van der Waals surface area contributed by atoms with Gasteiger partial charge in [-0.1, -0.05) is 0 Å². The van der Waals surface area contributed by atoms with Crippen LogP contribution in [0, 0.1) is 116 Å². The molecule has 0 spiro atoms. The molecule has 0 radical (unpaired) electrons. The van der Waals surface area contributed by atoms with E-state index in [0.29, 0.717) is 0 Å². The van der Waals surface area contributed by atoms with Crippen LogP contribution in [-0.2, 0) is 9.47 Å². The Labute approximate surface area is 312 Å². The molecule has 0 aliphatic carbocycles. The van der Waals surface area contributed by atoms with Crippen molar-refractivity contribution >= 4 is 28.0 Å². The molecule has 0 fully saturated rings. The molecule has 4 rings (SSSR count). The predicted octanol–water partition coefficient (Wildman–Crippen LogP) is 4.02. The minimum atomic E-state index is -7.22. The third kappa shape index (κ3) is 7.40. The van der Waals surface area contributed by atoms with Gasteiger partial charge in [-0.2, -0.15) is 0 Å². The van der Waals surface area contributed by atoms with Crippen molar-refractivity contribution in [3.05, 3.63) is 116 Å². The zero-order chi connectivity index (χ0) is 40.6. The summed E-state index contributed by atoms with van der Waals surface area (Å²) < 4.78 is 304. The first-order valence-corrected chi connectivity index (χ1v) is 14.0. The van der Waals surface area contributed by atoms with Crippen LogP contribution in [0.5, 0.6) is 0 Å². The van der Waals surface area contributed by atoms with Crippen LogP contribution in [0.2, 0.25) is 0 Å². The predicted molar refractivity (Wildman–Crippen MR) is 143 cm³/mol. The van der Waals surface area contributed by atoms with E-state index >= 15 is 35.1 Å². The number of ether oxygens (including phenoxy) is 2. The molecule has 0 amide bonds. The molecule has 54 heavy (non-hydrogen) atoms. The minimum Gasteiger partial charge on any atom is -1.00 e. The Bertz CT molecular complexity index is 1700. The van der Waals surface area contributed by atoms with Gasteiger partial charge in [0.15, 0.2) is 69.8 Å². The Hall–Kier alpha value is -3.54. The Kier molecular flexibility index (Phi) is 15.5. The summed E-state index contributed by atoms with van der Waals surface area (Å²) >= 11 is 0. The molecule has 0 aliphatic rings. The standard InChI is InChI=1S/C24BF20.C6H14O2.Na.H/c26-5-1(6(27)14(35)21(42)13(5)34)25(2-7(28)15(36)22(43)16(37)8(2)29,3-9(30)17(38)23(44)18(39)10(3)31)4-11(32)19(40)24(45)20(41)12(4)33;1-3-7-5-6-8-4-2;;/h;3-6H2,1-2H3;;/q-1;;+1;-1. The summed E-state index contributed by atoms with van der Waals surface area (Å²) in [5.74, 6) is -71.4. The maximum Gasteiger partial charge on any atom is 1.00 e. The van der Waals surface area contributed by atoms with Crippen molar-refractivity contribution in [3.8, 4) is 0 Å². The zero-order valence-corrected chi connectivity index (χ0v) is 28.8. The maximum atomic E-state index is 15.4. The van der Waals surface area contributed by atoms with Gasteiger partial charge in [0, 0.05) is 13.2 Å². The average molecular weight is 821 g/mol. The third-order valence-electron chi connectivity index (χ3n) is 7.49. The fourth-order valence-corrected chi connectivity index (χ4v) is 5.28. The average Bonchev–Trinajstić information content (AvgIpc) is 3.13. The fourth-order valence-electron chi connectivity index (χ4n) is 5.28.